The van der Waals surface area contributed by atoms with Crippen molar-refractivity contribution in [1.82, 2.24) is 5.32 Å². The van der Waals surface area contributed by atoms with E-state index in [1.807, 2.05) is 0 Å². The fraction of sp³-hybridized carbons (Fsp3) is 0.208. The molecule has 4 rings (SSSR count). The number of rotatable bonds is 6. The Bertz CT molecular complexity index is 1380. The Morgan fingerprint density at radius 2 is 1.60 bits per heavy atom. The number of anilines is 2. The van der Waals surface area contributed by atoms with Gasteiger partial charge in [-0.05, 0) is 55.5 Å². The van der Waals surface area contributed by atoms with E-state index < -0.39 is 27.9 Å². The average molecular weight is 514 g/mol. The number of amides is 3. The molecule has 0 saturated heterocycles. The molecule has 0 aliphatic heterocycles. The highest BCUT2D eigenvalue weighted by Gasteiger charge is 2.28. The van der Waals surface area contributed by atoms with Crippen LogP contribution in [0.2, 0.25) is 0 Å². The number of para-hydroxylation sites is 1. The first-order valence-electron chi connectivity index (χ1n) is 10.8. The number of benzene rings is 2. The molecule has 182 valence electrons. The second kappa shape index (κ2) is 10.3. The zero-order valence-electron chi connectivity index (χ0n) is 18.8. The molecule has 0 bridgehead atoms. The molecule has 3 aromatic rings. The molecule has 11 heteroatoms. The molecule has 3 N–H and O–H groups in total. The summed E-state index contributed by atoms with van der Waals surface area (Å²) in [7, 11) is -2.77. The minimum Gasteiger partial charge on any atom is -0.453 e. The van der Waals surface area contributed by atoms with Gasteiger partial charge >= 0.3 is 6.09 Å². The highest BCUT2D eigenvalue weighted by atomic mass is 32.2. The summed E-state index contributed by atoms with van der Waals surface area (Å²) in [6.45, 7) is 0. The Labute approximate surface area is 206 Å². The quantitative estimate of drug-likeness (QED) is 0.453. The second-order valence-electron chi connectivity index (χ2n) is 7.78. The molecule has 1 aliphatic carbocycles. The highest BCUT2D eigenvalue weighted by molar-refractivity contribution is 7.92. The first-order valence-corrected chi connectivity index (χ1v) is 13.1. The topological polar surface area (TPSA) is 131 Å². The number of carbonyl (C=O) groups excluding carboxylic acids is 3. The minimum absolute atomic E-state index is 0.0583. The number of thiophene rings is 1. The number of hydrogen-bond donors (Lipinski definition) is 3. The highest BCUT2D eigenvalue weighted by Crippen LogP contribution is 2.38. The SMILES string of the molecule is COC(=O)NC(=O)c1c(NC(=O)c2ccccc2NS(=O)(=O)c2ccccc2)sc2c1CCCC2. The maximum Gasteiger partial charge on any atom is 0.413 e. The number of aryl methyl sites for hydroxylation is 1. The lowest BCUT2D eigenvalue weighted by atomic mass is 9.95. The zero-order valence-corrected chi connectivity index (χ0v) is 20.4. The van der Waals surface area contributed by atoms with Crippen LogP contribution in [0.1, 0.15) is 44.0 Å². The molecule has 0 spiro atoms. The van der Waals surface area contributed by atoms with E-state index >= 15 is 0 Å². The van der Waals surface area contributed by atoms with Crippen LogP contribution in [0.25, 0.3) is 0 Å². The number of carbonyl (C=O) groups is 3. The van der Waals surface area contributed by atoms with Crippen LogP contribution >= 0.6 is 11.3 Å². The fourth-order valence-electron chi connectivity index (χ4n) is 3.84. The van der Waals surface area contributed by atoms with Crippen LogP contribution in [-0.2, 0) is 27.6 Å². The number of hydrogen-bond acceptors (Lipinski definition) is 7. The maximum absolute atomic E-state index is 13.3. The molecular formula is C24H23N3O6S2. The summed E-state index contributed by atoms with van der Waals surface area (Å²) in [5, 5.41) is 5.21. The van der Waals surface area contributed by atoms with Gasteiger partial charge in [0.05, 0.1) is 28.8 Å². The van der Waals surface area contributed by atoms with E-state index in [9.17, 15) is 22.8 Å². The van der Waals surface area contributed by atoms with E-state index in [1.54, 1.807) is 30.3 Å². The first kappa shape index (κ1) is 24.4. The molecule has 0 fully saturated rings. The first-order chi connectivity index (χ1) is 16.8. The van der Waals surface area contributed by atoms with Gasteiger partial charge in [0.15, 0.2) is 0 Å². The van der Waals surface area contributed by atoms with E-state index in [0.717, 1.165) is 36.8 Å². The molecule has 1 aromatic heterocycles. The largest absolute Gasteiger partial charge is 0.453 e. The Hall–Kier alpha value is -3.70. The Morgan fingerprint density at radius 1 is 0.914 bits per heavy atom. The van der Waals surface area contributed by atoms with Gasteiger partial charge in [-0.3, -0.25) is 19.6 Å². The summed E-state index contributed by atoms with van der Waals surface area (Å²) in [6.07, 6.45) is 2.37. The molecule has 0 radical (unpaired) electrons. The summed E-state index contributed by atoms with van der Waals surface area (Å²) in [6, 6.07) is 14.0. The van der Waals surface area contributed by atoms with Crippen molar-refractivity contribution in [2.24, 2.45) is 0 Å². The van der Waals surface area contributed by atoms with Crippen LogP contribution in [0.4, 0.5) is 15.5 Å². The van der Waals surface area contributed by atoms with E-state index in [2.05, 4.69) is 20.1 Å². The molecule has 0 unspecified atom stereocenters. The zero-order chi connectivity index (χ0) is 25.0. The minimum atomic E-state index is -3.93. The number of sulfonamides is 1. The van der Waals surface area contributed by atoms with Crippen molar-refractivity contribution in [3.05, 3.63) is 76.2 Å². The van der Waals surface area contributed by atoms with Crippen LogP contribution in [0, 0.1) is 0 Å². The van der Waals surface area contributed by atoms with Gasteiger partial charge in [0.2, 0.25) is 0 Å². The van der Waals surface area contributed by atoms with E-state index in [-0.39, 0.29) is 21.7 Å². The predicted octanol–water partition coefficient (Wildman–Crippen LogP) is 4.18. The number of fused-ring (bicyclic) bond motifs is 1. The number of nitrogens with one attached hydrogen (secondary N) is 3. The van der Waals surface area contributed by atoms with Crippen molar-refractivity contribution in [2.45, 2.75) is 30.6 Å². The Morgan fingerprint density at radius 3 is 2.34 bits per heavy atom. The van der Waals surface area contributed by atoms with Gasteiger partial charge in [0.1, 0.15) is 5.00 Å². The molecule has 9 nitrogen and oxygen atoms in total. The normalized spacial score (nSPS) is 12.8. The summed E-state index contributed by atoms with van der Waals surface area (Å²) in [4.78, 5) is 38.8. The lowest BCUT2D eigenvalue weighted by molar-refractivity contribution is 0.0937. The third-order valence-corrected chi connectivity index (χ3v) is 8.08. The van der Waals surface area contributed by atoms with Crippen molar-refractivity contribution in [1.29, 1.82) is 0 Å². The van der Waals surface area contributed by atoms with Crippen molar-refractivity contribution in [3.63, 3.8) is 0 Å². The summed E-state index contributed by atoms with van der Waals surface area (Å²) in [5.41, 5.74) is 1.20. The van der Waals surface area contributed by atoms with Crippen molar-refractivity contribution in [3.8, 4) is 0 Å². The van der Waals surface area contributed by atoms with E-state index in [0.29, 0.717) is 11.4 Å². The number of alkyl carbamates (subject to hydrolysis) is 1. The molecule has 0 saturated carbocycles. The van der Waals surface area contributed by atoms with E-state index in [1.165, 1.54) is 35.6 Å². The number of ether oxygens (including phenoxy) is 1. The number of imide groups is 1. The molecule has 0 atom stereocenters. The molecule has 1 aliphatic rings. The molecule has 3 amide bonds. The van der Waals surface area contributed by atoms with Crippen LogP contribution in [0.15, 0.2) is 59.5 Å². The second-order valence-corrected chi connectivity index (χ2v) is 10.6. The Kier molecular flexibility index (Phi) is 7.17. The predicted molar refractivity (Wildman–Crippen MR) is 132 cm³/mol. The summed E-state index contributed by atoms with van der Waals surface area (Å²) >= 11 is 1.28. The van der Waals surface area contributed by atoms with Crippen LogP contribution < -0.4 is 15.4 Å². The molecule has 2 aromatic carbocycles. The Balaban J connectivity index is 1.65. The van der Waals surface area contributed by atoms with Gasteiger partial charge in [0, 0.05) is 4.88 Å². The van der Waals surface area contributed by atoms with Gasteiger partial charge in [-0.2, -0.15) is 0 Å². The average Bonchev–Trinajstić information content (AvgIpc) is 3.22. The smallest absolute Gasteiger partial charge is 0.413 e. The van der Waals surface area contributed by atoms with Crippen molar-refractivity contribution in [2.75, 3.05) is 17.1 Å². The molecule has 1 heterocycles. The maximum atomic E-state index is 13.3. The van der Waals surface area contributed by atoms with Crippen LogP contribution in [0.5, 0.6) is 0 Å². The standard InChI is InChI=1S/C24H23N3O6S2/c1-33-24(30)26-22(29)20-17-12-6-8-14-19(17)34-23(20)25-21(28)16-11-5-7-13-18(16)27-35(31,32)15-9-3-2-4-10-15/h2-5,7,9-11,13,27H,6,8,12,14H2,1H3,(H,25,28)(H,26,29,30). The lowest BCUT2D eigenvalue weighted by Crippen LogP contribution is -2.31. The van der Waals surface area contributed by atoms with Crippen LogP contribution in [-0.4, -0.2) is 33.4 Å². The lowest BCUT2D eigenvalue weighted by Gasteiger charge is -2.14. The summed E-state index contributed by atoms with van der Waals surface area (Å²) in [5.74, 6) is -1.26. The van der Waals surface area contributed by atoms with Gasteiger partial charge < -0.3 is 10.1 Å². The van der Waals surface area contributed by atoms with Crippen LogP contribution in [0.3, 0.4) is 0 Å². The number of methoxy groups -OCH3 is 1. The van der Waals surface area contributed by atoms with Gasteiger partial charge in [0.25, 0.3) is 21.8 Å². The van der Waals surface area contributed by atoms with Crippen molar-refractivity contribution < 1.29 is 27.5 Å². The van der Waals surface area contributed by atoms with E-state index in [4.69, 9.17) is 0 Å². The summed E-state index contributed by atoms with van der Waals surface area (Å²) < 4.78 is 32.6. The fourth-order valence-corrected chi connectivity index (χ4v) is 6.23. The monoisotopic (exact) mass is 513 g/mol. The van der Waals surface area contributed by atoms with Gasteiger partial charge in [-0.15, -0.1) is 11.3 Å². The third-order valence-electron chi connectivity index (χ3n) is 5.50. The molecule has 35 heavy (non-hydrogen) atoms. The van der Waals surface area contributed by atoms with Crippen molar-refractivity contribution >= 4 is 50.0 Å². The van der Waals surface area contributed by atoms with Gasteiger partial charge in [-0.1, -0.05) is 30.3 Å². The molecular weight excluding hydrogens is 490 g/mol. The third kappa shape index (κ3) is 5.36. The van der Waals surface area contributed by atoms with Gasteiger partial charge in [-0.25, -0.2) is 13.2 Å².